The highest BCUT2D eigenvalue weighted by Gasteiger charge is 2.46. The average molecular weight is 196 g/mol. The van der Waals surface area contributed by atoms with E-state index in [2.05, 4.69) is 30.8 Å². The Kier molecular flexibility index (Phi) is 2.85. The number of nitrogens with zero attached hydrogens (tertiary/aromatic N) is 2. The molecule has 1 saturated carbocycles. The third kappa shape index (κ3) is 1.82. The second-order valence-corrected chi connectivity index (χ2v) is 5.44. The lowest BCUT2D eigenvalue weighted by molar-refractivity contribution is -0.0285. The van der Waals surface area contributed by atoms with Gasteiger partial charge in [-0.3, -0.25) is 0 Å². The van der Waals surface area contributed by atoms with E-state index in [1.54, 1.807) is 0 Å². The molecule has 0 amide bonds. The lowest BCUT2D eigenvalue weighted by Crippen LogP contribution is -2.53. The van der Waals surface area contributed by atoms with E-state index in [-0.39, 0.29) is 0 Å². The quantitative estimate of drug-likeness (QED) is 0.664. The van der Waals surface area contributed by atoms with Crippen LogP contribution in [0.3, 0.4) is 0 Å². The molecule has 14 heavy (non-hydrogen) atoms. The highest BCUT2D eigenvalue weighted by Crippen LogP contribution is 2.50. The second-order valence-electron chi connectivity index (χ2n) is 5.44. The van der Waals surface area contributed by atoms with Gasteiger partial charge < -0.3 is 9.80 Å². The molecule has 2 fully saturated rings. The van der Waals surface area contributed by atoms with Crippen LogP contribution in [-0.2, 0) is 0 Å². The van der Waals surface area contributed by atoms with Crippen LogP contribution >= 0.6 is 0 Å². The molecule has 1 spiro atoms. The van der Waals surface area contributed by atoms with Gasteiger partial charge in [-0.15, -0.1) is 0 Å². The van der Waals surface area contributed by atoms with Crippen LogP contribution in [0.5, 0.6) is 0 Å². The summed E-state index contributed by atoms with van der Waals surface area (Å²) in [4.78, 5) is 4.99. The van der Waals surface area contributed by atoms with Gasteiger partial charge in [-0.05, 0) is 64.8 Å². The second kappa shape index (κ2) is 3.82. The smallest absolute Gasteiger partial charge is 0.0103 e. The van der Waals surface area contributed by atoms with Crippen molar-refractivity contribution in [2.75, 3.05) is 33.7 Å². The van der Waals surface area contributed by atoms with Crippen molar-refractivity contribution in [3.05, 3.63) is 0 Å². The monoisotopic (exact) mass is 196 g/mol. The Morgan fingerprint density at radius 2 is 1.86 bits per heavy atom. The topological polar surface area (TPSA) is 6.48 Å². The first-order chi connectivity index (χ1) is 6.65. The Morgan fingerprint density at radius 3 is 2.36 bits per heavy atom. The molecule has 2 nitrogen and oxygen atoms in total. The van der Waals surface area contributed by atoms with Crippen molar-refractivity contribution in [3.8, 4) is 0 Å². The first-order valence-corrected chi connectivity index (χ1v) is 6.04. The van der Waals surface area contributed by atoms with E-state index in [0.29, 0.717) is 0 Å². The number of hydrogen-bond acceptors (Lipinski definition) is 2. The molecule has 1 heterocycles. The zero-order valence-corrected chi connectivity index (χ0v) is 9.92. The third-order valence-electron chi connectivity index (χ3n) is 4.51. The Morgan fingerprint density at radius 1 is 1.29 bits per heavy atom. The van der Waals surface area contributed by atoms with Gasteiger partial charge >= 0.3 is 0 Å². The predicted octanol–water partition coefficient (Wildman–Crippen LogP) is 1.81. The van der Waals surface area contributed by atoms with Crippen LogP contribution in [0.15, 0.2) is 0 Å². The fourth-order valence-corrected chi connectivity index (χ4v) is 3.01. The molecule has 1 aliphatic heterocycles. The molecule has 0 aromatic heterocycles. The molecule has 1 saturated heterocycles. The molecule has 1 aliphatic carbocycles. The van der Waals surface area contributed by atoms with Gasteiger partial charge in [-0.25, -0.2) is 0 Å². The van der Waals surface area contributed by atoms with E-state index in [4.69, 9.17) is 0 Å². The number of piperidine rings is 1. The molecule has 0 radical (unpaired) electrons. The molecular formula is C12H24N2. The van der Waals surface area contributed by atoms with Crippen LogP contribution in [0.25, 0.3) is 0 Å². The number of rotatable bonds is 2. The normalized spacial score (nSPS) is 28.3. The molecule has 2 heteroatoms. The summed E-state index contributed by atoms with van der Waals surface area (Å²) in [5, 5.41) is 0. The number of hydrogen-bond donors (Lipinski definition) is 0. The van der Waals surface area contributed by atoms with Crippen LogP contribution in [0.4, 0.5) is 0 Å². The summed E-state index contributed by atoms with van der Waals surface area (Å²) in [7, 11) is 4.52. The van der Waals surface area contributed by atoms with E-state index in [1.165, 1.54) is 45.3 Å². The van der Waals surface area contributed by atoms with Gasteiger partial charge in [0.2, 0.25) is 0 Å². The first kappa shape index (κ1) is 10.4. The van der Waals surface area contributed by atoms with Crippen LogP contribution in [0.1, 0.15) is 32.6 Å². The lowest BCUT2D eigenvalue weighted by Gasteiger charge is -2.54. The standard InChI is InChI=1S/C12H24N2/c1-4-14(3)11-9-12(10-11)5-7-13(2)8-6-12/h11H,4-10H2,1-3H3. The molecule has 0 atom stereocenters. The van der Waals surface area contributed by atoms with Crippen molar-refractivity contribution < 1.29 is 0 Å². The van der Waals surface area contributed by atoms with Crippen molar-refractivity contribution >= 4 is 0 Å². The maximum absolute atomic E-state index is 2.52. The summed E-state index contributed by atoms with van der Waals surface area (Å²) in [5.74, 6) is 0. The molecule has 2 rings (SSSR count). The van der Waals surface area contributed by atoms with Crippen LogP contribution < -0.4 is 0 Å². The van der Waals surface area contributed by atoms with Crippen molar-refractivity contribution in [1.29, 1.82) is 0 Å². The van der Waals surface area contributed by atoms with Crippen molar-refractivity contribution in [3.63, 3.8) is 0 Å². The maximum Gasteiger partial charge on any atom is 0.0103 e. The summed E-state index contributed by atoms with van der Waals surface area (Å²) in [6, 6.07) is 0.892. The zero-order valence-electron chi connectivity index (χ0n) is 9.92. The molecule has 0 N–H and O–H groups in total. The van der Waals surface area contributed by atoms with E-state index >= 15 is 0 Å². The van der Waals surface area contributed by atoms with Gasteiger partial charge in [0.1, 0.15) is 0 Å². The largest absolute Gasteiger partial charge is 0.306 e. The Balaban J connectivity index is 1.80. The molecule has 2 aliphatic rings. The Hall–Kier alpha value is -0.0800. The lowest BCUT2D eigenvalue weighted by atomic mass is 9.60. The zero-order chi connectivity index (χ0) is 10.2. The maximum atomic E-state index is 2.52. The minimum atomic E-state index is 0.751. The van der Waals surface area contributed by atoms with E-state index in [9.17, 15) is 0 Å². The van der Waals surface area contributed by atoms with Crippen LogP contribution in [0, 0.1) is 5.41 Å². The van der Waals surface area contributed by atoms with Crippen LogP contribution in [-0.4, -0.2) is 49.6 Å². The summed E-state index contributed by atoms with van der Waals surface area (Å²) in [6.45, 7) is 6.12. The molecular weight excluding hydrogens is 172 g/mol. The SMILES string of the molecule is CCN(C)C1CC2(CCN(C)CC2)C1. The number of likely N-dealkylation sites (tertiary alicyclic amines) is 1. The summed E-state index contributed by atoms with van der Waals surface area (Å²) in [5.41, 5.74) is 0.751. The van der Waals surface area contributed by atoms with Gasteiger partial charge in [0.15, 0.2) is 0 Å². The van der Waals surface area contributed by atoms with Crippen molar-refractivity contribution in [2.24, 2.45) is 5.41 Å². The summed E-state index contributed by atoms with van der Waals surface area (Å²) < 4.78 is 0. The summed E-state index contributed by atoms with van der Waals surface area (Å²) in [6.07, 6.45) is 5.81. The minimum Gasteiger partial charge on any atom is -0.306 e. The fraction of sp³-hybridized carbons (Fsp3) is 1.00. The first-order valence-electron chi connectivity index (χ1n) is 6.04. The highest BCUT2D eigenvalue weighted by atomic mass is 15.1. The Labute approximate surface area is 88.3 Å². The van der Waals surface area contributed by atoms with E-state index < -0.39 is 0 Å². The predicted molar refractivity (Wildman–Crippen MR) is 60.5 cm³/mol. The van der Waals surface area contributed by atoms with Gasteiger partial charge in [0, 0.05) is 6.04 Å². The molecule has 0 unspecified atom stereocenters. The average Bonchev–Trinajstić information content (AvgIpc) is 2.15. The van der Waals surface area contributed by atoms with Crippen LogP contribution in [0.2, 0.25) is 0 Å². The van der Waals surface area contributed by atoms with E-state index in [1.807, 2.05) is 0 Å². The minimum absolute atomic E-state index is 0.751. The van der Waals surface area contributed by atoms with Gasteiger partial charge in [0.05, 0.1) is 0 Å². The molecule has 0 aromatic rings. The van der Waals surface area contributed by atoms with Crippen molar-refractivity contribution in [1.82, 2.24) is 9.80 Å². The molecule has 82 valence electrons. The third-order valence-corrected chi connectivity index (χ3v) is 4.51. The van der Waals surface area contributed by atoms with E-state index in [0.717, 1.165) is 11.5 Å². The molecule has 0 bridgehead atoms. The molecule has 0 aromatic carbocycles. The highest BCUT2D eigenvalue weighted by molar-refractivity contribution is 5.00. The van der Waals surface area contributed by atoms with Crippen molar-refractivity contribution in [2.45, 2.75) is 38.6 Å². The fourth-order valence-electron chi connectivity index (χ4n) is 3.01. The van der Waals surface area contributed by atoms with Gasteiger partial charge in [-0.2, -0.15) is 0 Å². The van der Waals surface area contributed by atoms with Gasteiger partial charge in [0.25, 0.3) is 0 Å². The van der Waals surface area contributed by atoms with Gasteiger partial charge in [-0.1, -0.05) is 6.92 Å². The summed E-state index contributed by atoms with van der Waals surface area (Å²) >= 11 is 0. The Bertz CT molecular complexity index is 186.